The van der Waals surface area contributed by atoms with Crippen LogP contribution in [-0.4, -0.2) is 21.7 Å². The summed E-state index contributed by atoms with van der Waals surface area (Å²) in [5, 5.41) is 7.34. The summed E-state index contributed by atoms with van der Waals surface area (Å²) in [5.41, 5.74) is 1.11. The van der Waals surface area contributed by atoms with Crippen LogP contribution in [0, 0.1) is 11.8 Å². The van der Waals surface area contributed by atoms with Crippen LogP contribution in [0.2, 0.25) is 0 Å². The third-order valence-corrected chi connectivity index (χ3v) is 4.55. The molecule has 2 rings (SSSR count). The molecular formula is C16H27N3O. The summed E-state index contributed by atoms with van der Waals surface area (Å²) in [7, 11) is 1.92. The average Bonchev–Trinajstić information content (AvgIpc) is 2.82. The van der Waals surface area contributed by atoms with E-state index < -0.39 is 0 Å². The van der Waals surface area contributed by atoms with Crippen LogP contribution >= 0.6 is 0 Å². The van der Waals surface area contributed by atoms with Crippen LogP contribution in [0.15, 0.2) is 12.3 Å². The smallest absolute Gasteiger partial charge is 0.220 e. The summed E-state index contributed by atoms with van der Waals surface area (Å²) in [6, 6.07) is 2.36. The zero-order valence-electron chi connectivity index (χ0n) is 12.9. The Morgan fingerprint density at radius 2 is 2.30 bits per heavy atom. The van der Waals surface area contributed by atoms with E-state index in [0.717, 1.165) is 36.8 Å². The number of hydrogen-bond acceptors (Lipinski definition) is 2. The van der Waals surface area contributed by atoms with Gasteiger partial charge in [0.15, 0.2) is 0 Å². The molecule has 1 aliphatic rings. The molecule has 2 atom stereocenters. The van der Waals surface area contributed by atoms with Gasteiger partial charge in [0.2, 0.25) is 5.91 Å². The lowest BCUT2D eigenvalue weighted by Gasteiger charge is -2.32. The highest BCUT2D eigenvalue weighted by Gasteiger charge is 2.24. The minimum Gasteiger partial charge on any atom is -0.353 e. The molecule has 4 nitrogen and oxygen atoms in total. The van der Waals surface area contributed by atoms with Crippen molar-refractivity contribution in [3.63, 3.8) is 0 Å². The topological polar surface area (TPSA) is 46.9 Å². The Labute approximate surface area is 121 Å². The van der Waals surface area contributed by atoms with Gasteiger partial charge in [0.05, 0.1) is 0 Å². The minimum absolute atomic E-state index is 0.181. The second-order valence-electron chi connectivity index (χ2n) is 6.38. The predicted molar refractivity (Wildman–Crippen MR) is 80.3 cm³/mol. The Morgan fingerprint density at radius 3 is 2.95 bits per heavy atom. The molecule has 1 N–H and O–H groups in total. The van der Waals surface area contributed by atoms with Gasteiger partial charge in [-0.25, -0.2) is 0 Å². The maximum atomic E-state index is 12.1. The Kier molecular flexibility index (Phi) is 5.21. The molecule has 0 unspecified atom stereocenters. The van der Waals surface area contributed by atoms with Crippen LogP contribution in [0.5, 0.6) is 0 Å². The van der Waals surface area contributed by atoms with E-state index in [1.807, 2.05) is 17.8 Å². The van der Waals surface area contributed by atoms with Gasteiger partial charge in [-0.1, -0.05) is 26.7 Å². The lowest BCUT2D eigenvalue weighted by Crippen LogP contribution is -2.39. The third-order valence-electron chi connectivity index (χ3n) is 4.55. The summed E-state index contributed by atoms with van der Waals surface area (Å²) in [6.07, 6.45) is 7.96. The fourth-order valence-electron chi connectivity index (χ4n) is 3.15. The Morgan fingerprint density at radius 1 is 1.50 bits per heavy atom. The molecule has 1 amide bonds. The molecule has 0 radical (unpaired) electrons. The van der Waals surface area contributed by atoms with Crippen LogP contribution < -0.4 is 5.32 Å². The van der Waals surface area contributed by atoms with Gasteiger partial charge >= 0.3 is 0 Å². The van der Waals surface area contributed by atoms with Gasteiger partial charge in [-0.3, -0.25) is 9.48 Å². The van der Waals surface area contributed by atoms with E-state index in [9.17, 15) is 4.79 Å². The molecule has 1 heterocycles. The van der Waals surface area contributed by atoms with Crippen molar-refractivity contribution in [2.24, 2.45) is 18.9 Å². The zero-order valence-corrected chi connectivity index (χ0v) is 12.9. The number of hydrogen-bond donors (Lipinski definition) is 1. The standard InChI is InChI=1S/C16H27N3O/c1-12(2)13-5-4-6-14(11-13)18-16(20)8-7-15-9-10-17-19(15)3/h9-10,12-14H,4-8,11H2,1-3H3,(H,18,20)/t13-,14+/m0/s1. The third kappa shape index (κ3) is 4.09. The molecule has 112 valence electrons. The summed E-state index contributed by atoms with van der Waals surface area (Å²) in [6.45, 7) is 4.58. The van der Waals surface area contributed by atoms with Crippen molar-refractivity contribution < 1.29 is 4.79 Å². The average molecular weight is 277 g/mol. The molecule has 4 heteroatoms. The van der Waals surface area contributed by atoms with Crippen LogP contribution in [0.4, 0.5) is 0 Å². The number of carbonyl (C=O) groups excluding carboxylic acids is 1. The number of nitrogens with one attached hydrogen (secondary N) is 1. The number of aromatic nitrogens is 2. The summed E-state index contributed by atoms with van der Waals surface area (Å²) in [4.78, 5) is 12.1. The highest BCUT2D eigenvalue weighted by Crippen LogP contribution is 2.29. The van der Waals surface area contributed by atoms with E-state index in [0.29, 0.717) is 12.5 Å². The van der Waals surface area contributed by atoms with Gasteiger partial charge in [-0.15, -0.1) is 0 Å². The largest absolute Gasteiger partial charge is 0.353 e. The molecule has 1 aromatic heterocycles. The van der Waals surface area contributed by atoms with Crippen LogP contribution in [0.3, 0.4) is 0 Å². The highest BCUT2D eigenvalue weighted by molar-refractivity contribution is 5.76. The lowest BCUT2D eigenvalue weighted by molar-refractivity contribution is -0.122. The first-order chi connectivity index (χ1) is 9.56. The number of amides is 1. The van der Waals surface area contributed by atoms with E-state index in [-0.39, 0.29) is 5.91 Å². The van der Waals surface area contributed by atoms with Crippen molar-refractivity contribution in [3.05, 3.63) is 18.0 Å². The van der Waals surface area contributed by atoms with Crippen molar-refractivity contribution >= 4 is 5.91 Å². The summed E-state index contributed by atoms with van der Waals surface area (Å²) in [5.74, 6) is 1.68. The second kappa shape index (κ2) is 6.91. The fraction of sp³-hybridized carbons (Fsp3) is 0.750. The van der Waals surface area contributed by atoms with Crippen molar-refractivity contribution in [1.29, 1.82) is 0 Å². The van der Waals surface area contributed by atoms with E-state index in [4.69, 9.17) is 0 Å². The van der Waals surface area contributed by atoms with Crippen LogP contribution in [0.1, 0.15) is 51.6 Å². The van der Waals surface area contributed by atoms with Crippen molar-refractivity contribution in [3.8, 4) is 0 Å². The maximum absolute atomic E-state index is 12.1. The van der Waals surface area contributed by atoms with E-state index in [1.165, 1.54) is 12.8 Å². The predicted octanol–water partition coefficient (Wildman–Crippen LogP) is 2.68. The maximum Gasteiger partial charge on any atom is 0.220 e. The summed E-state index contributed by atoms with van der Waals surface area (Å²) >= 11 is 0. The van der Waals surface area contributed by atoms with Gasteiger partial charge < -0.3 is 5.32 Å². The fourth-order valence-corrected chi connectivity index (χ4v) is 3.15. The van der Waals surface area contributed by atoms with Crippen LogP contribution in [-0.2, 0) is 18.3 Å². The van der Waals surface area contributed by atoms with E-state index in [2.05, 4.69) is 24.3 Å². The molecule has 1 saturated carbocycles. The Bertz CT molecular complexity index is 439. The van der Waals surface area contributed by atoms with E-state index in [1.54, 1.807) is 6.20 Å². The second-order valence-corrected chi connectivity index (χ2v) is 6.38. The summed E-state index contributed by atoms with van der Waals surface area (Å²) < 4.78 is 1.84. The molecule has 1 aromatic rings. The molecule has 0 aliphatic heterocycles. The Balaban J connectivity index is 1.75. The molecule has 0 saturated heterocycles. The van der Waals surface area contributed by atoms with Gasteiger partial charge in [0.25, 0.3) is 0 Å². The number of rotatable bonds is 5. The van der Waals surface area contributed by atoms with Crippen molar-refractivity contribution in [1.82, 2.24) is 15.1 Å². The zero-order chi connectivity index (χ0) is 14.5. The van der Waals surface area contributed by atoms with Gasteiger partial charge in [-0.05, 0) is 37.2 Å². The minimum atomic E-state index is 0.181. The quantitative estimate of drug-likeness (QED) is 0.899. The van der Waals surface area contributed by atoms with Gasteiger partial charge in [-0.2, -0.15) is 5.10 Å². The molecule has 1 fully saturated rings. The number of carbonyl (C=O) groups is 1. The molecular weight excluding hydrogens is 250 g/mol. The van der Waals surface area contributed by atoms with Crippen molar-refractivity contribution in [2.75, 3.05) is 0 Å². The highest BCUT2D eigenvalue weighted by atomic mass is 16.1. The lowest BCUT2D eigenvalue weighted by atomic mass is 9.79. The first-order valence-electron chi connectivity index (χ1n) is 7.82. The first kappa shape index (κ1) is 15.1. The molecule has 1 aliphatic carbocycles. The SMILES string of the molecule is CC(C)[C@H]1CCC[C@@H](NC(=O)CCc2ccnn2C)C1. The van der Waals surface area contributed by atoms with E-state index >= 15 is 0 Å². The monoisotopic (exact) mass is 277 g/mol. The van der Waals surface area contributed by atoms with Crippen LogP contribution in [0.25, 0.3) is 0 Å². The molecule has 0 aromatic carbocycles. The first-order valence-corrected chi connectivity index (χ1v) is 7.82. The Hall–Kier alpha value is -1.32. The molecule has 0 bridgehead atoms. The molecule has 0 spiro atoms. The normalized spacial score (nSPS) is 23.0. The number of aryl methyl sites for hydroxylation is 2. The van der Waals surface area contributed by atoms with Gasteiger partial charge in [0.1, 0.15) is 0 Å². The molecule has 20 heavy (non-hydrogen) atoms. The van der Waals surface area contributed by atoms with Crippen molar-refractivity contribution in [2.45, 2.75) is 58.4 Å². The van der Waals surface area contributed by atoms with Gasteiger partial charge in [0, 0.05) is 31.4 Å². The number of nitrogens with zero attached hydrogens (tertiary/aromatic N) is 2.